The number of benzene rings is 1. The number of nitrogens with zero attached hydrogens (tertiary/aromatic N) is 2. The molecule has 2 fully saturated rings. The van der Waals surface area contributed by atoms with E-state index in [0.717, 1.165) is 0 Å². The molecule has 27 heavy (non-hydrogen) atoms. The van der Waals surface area contributed by atoms with Gasteiger partial charge in [-0.2, -0.15) is 0 Å². The highest BCUT2D eigenvalue weighted by atomic mass is 16.6. The number of amides is 3. The Morgan fingerprint density at radius 1 is 1.07 bits per heavy atom. The number of nitrogens with one attached hydrogen (secondary N) is 1. The van der Waals surface area contributed by atoms with Gasteiger partial charge in [0.05, 0.1) is 5.56 Å². The predicted octanol–water partition coefficient (Wildman–Crippen LogP) is 1.30. The van der Waals surface area contributed by atoms with E-state index in [1.807, 2.05) is 0 Å². The lowest BCUT2D eigenvalue weighted by Gasteiger charge is -2.46. The van der Waals surface area contributed by atoms with Crippen LogP contribution in [0.5, 0.6) is 0 Å². The molecule has 144 valence electrons. The van der Waals surface area contributed by atoms with Crippen LogP contribution < -0.4 is 5.32 Å². The highest BCUT2D eigenvalue weighted by Gasteiger charge is 2.50. The highest BCUT2D eigenvalue weighted by Crippen LogP contribution is 2.31. The summed E-state index contributed by atoms with van der Waals surface area (Å²) < 4.78 is 4.88. The Hall–Kier alpha value is -3.10. The average Bonchev–Trinajstić information content (AvgIpc) is 2.69. The highest BCUT2D eigenvalue weighted by molar-refractivity contribution is 5.96. The third-order valence-electron chi connectivity index (χ3n) is 5.03. The van der Waals surface area contributed by atoms with Gasteiger partial charge in [0, 0.05) is 26.2 Å². The molecule has 0 atom stereocenters. The number of carboxylic acids is 1. The zero-order valence-electron chi connectivity index (χ0n) is 14.7. The number of carbonyl (C=O) groups is 4. The maximum Gasteiger partial charge on any atom is 0.417 e. The number of urea groups is 1. The molecule has 9 nitrogen and oxygen atoms in total. The van der Waals surface area contributed by atoms with Gasteiger partial charge in [0.1, 0.15) is 5.54 Å². The van der Waals surface area contributed by atoms with E-state index in [9.17, 15) is 24.3 Å². The van der Waals surface area contributed by atoms with E-state index >= 15 is 0 Å². The Kier molecular flexibility index (Phi) is 5.29. The van der Waals surface area contributed by atoms with Crippen molar-refractivity contribution in [2.75, 3.05) is 26.2 Å². The van der Waals surface area contributed by atoms with Crippen molar-refractivity contribution in [2.24, 2.45) is 0 Å². The summed E-state index contributed by atoms with van der Waals surface area (Å²) in [5.41, 5.74) is -1.10. The fourth-order valence-electron chi connectivity index (χ4n) is 3.47. The topological polar surface area (TPSA) is 116 Å². The minimum absolute atomic E-state index is 0.0738. The van der Waals surface area contributed by atoms with Gasteiger partial charge in [0.25, 0.3) is 0 Å². The Bertz CT molecular complexity index is 743. The third-order valence-corrected chi connectivity index (χ3v) is 5.03. The van der Waals surface area contributed by atoms with Crippen LogP contribution >= 0.6 is 0 Å². The van der Waals surface area contributed by atoms with Crippen molar-refractivity contribution in [3.8, 4) is 0 Å². The molecular weight excluding hydrogens is 354 g/mol. The van der Waals surface area contributed by atoms with Gasteiger partial charge in [-0.1, -0.05) is 18.2 Å². The number of rotatable bonds is 3. The van der Waals surface area contributed by atoms with Gasteiger partial charge in [-0.15, -0.1) is 0 Å². The largest absolute Gasteiger partial charge is 0.479 e. The first-order valence-corrected chi connectivity index (χ1v) is 8.79. The zero-order chi connectivity index (χ0) is 19.4. The van der Waals surface area contributed by atoms with Crippen LogP contribution in [0.4, 0.5) is 9.59 Å². The number of aliphatic carboxylic acids is 1. The summed E-state index contributed by atoms with van der Waals surface area (Å²) in [4.78, 5) is 51.0. The molecule has 2 aliphatic rings. The van der Waals surface area contributed by atoms with Crippen LogP contribution in [0.25, 0.3) is 0 Å². The van der Waals surface area contributed by atoms with E-state index in [0.29, 0.717) is 19.5 Å². The molecule has 3 amide bonds. The van der Waals surface area contributed by atoms with Crippen LogP contribution in [0.2, 0.25) is 0 Å². The second kappa shape index (κ2) is 7.65. The van der Waals surface area contributed by atoms with Gasteiger partial charge in [0.15, 0.2) is 0 Å². The van der Waals surface area contributed by atoms with Crippen LogP contribution in [0.1, 0.15) is 29.6 Å². The molecule has 0 saturated carbocycles. The minimum Gasteiger partial charge on any atom is -0.479 e. The molecule has 0 aromatic heterocycles. The Labute approximate surface area is 155 Å². The molecule has 0 bridgehead atoms. The summed E-state index contributed by atoms with van der Waals surface area (Å²) in [7, 11) is 0. The van der Waals surface area contributed by atoms with Gasteiger partial charge in [-0.25, -0.2) is 19.2 Å². The first kappa shape index (κ1) is 18.7. The number of ether oxygens (including phenoxy) is 1. The second-order valence-electron chi connectivity index (χ2n) is 6.58. The number of hydrogen-bond acceptors (Lipinski definition) is 5. The fourth-order valence-corrected chi connectivity index (χ4v) is 3.47. The Morgan fingerprint density at radius 2 is 1.74 bits per heavy atom. The molecule has 0 aliphatic carbocycles. The van der Waals surface area contributed by atoms with Gasteiger partial charge < -0.3 is 25.0 Å². The number of carboxylic acid groups (broad SMARTS) is 1. The molecule has 1 aromatic carbocycles. The molecule has 3 rings (SSSR count). The first-order chi connectivity index (χ1) is 12.9. The average molecular weight is 375 g/mol. The predicted molar refractivity (Wildman–Crippen MR) is 93.1 cm³/mol. The normalized spacial score (nSPS) is 19.2. The van der Waals surface area contributed by atoms with Crippen molar-refractivity contribution in [3.05, 3.63) is 35.9 Å². The van der Waals surface area contributed by atoms with Gasteiger partial charge in [0.2, 0.25) is 0 Å². The summed E-state index contributed by atoms with van der Waals surface area (Å²) in [6, 6.07) is 7.73. The smallest absolute Gasteiger partial charge is 0.417 e. The van der Waals surface area contributed by atoms with Crippen LogP contribution in [0, 0.1) is 0 Å². The summed E-state index contributed by atoms with van der Waals surface area (Å²) in [6.07, 6.45) is -0.00158. The van der Waals surface area contributed by atoms with Gasteiger partial charge in [-0.3, -0.25) is 0 Å². The quantitative estimate of drug-likeness (QED) is 0.608. The van der Waals surface area contributed by atoms with Crippen LogP contribution in [0.15, 0.2) is 30.3 Å². The van der Waals surface area contributed by atoms with E-state index in [1.54, 1.807) is 18.2 Å². The number of esters is 1. The van der Waals surface area contributed by atoms with E-state index in [-0.39, 0.29) is 31.5 Å². The standard InChI is InChI=1S/C18H21N3O6/c22-14(13-5-2-1-3-6-13)27-17(26)20-11-7-18(8-12-20,15(23)24)21-10-4-9-19-16(21)25/h1-3,5-6H,4,7-12H2,(H,19,25)(H,23,24). The fraction of sp³-hybridized carbons (Fsp3) is 0.444. The molecule has 1 aromatic rings. The molecule has 9 heteroatoms. The maximum absolute atomic E-state index is 12.2. The van der Waals surface area contributed by atoms with E-state index in [2.05, 4.69) is 5.32 Å². The van der Waals surface area contributed by atoms with Crippen molar-refractivity contribution in [2.45, 2.75) is 24.8 Å². The lowest BCUT2D eigenvalue weighted by atomic mass is 9.85. The number of piperidine rings is 1. The Balaban J connectivity index is 1.64. The zero-order valence-corrected chi connectivity index (χ0v) is 14.7. The molecule has 0 unspecified atom stereocenters. The van der Waals surface area contributed by atoms with Crippen LogP contribution in [0.3, 0.4) is 0 Å². The first-order valence-electron chi connectivity index (χ1n) is 8.79. The second-order valence-corrected chi connectivity index (χ2v) is 6.58. The monoisotopic (exact) mass is 375 g/mol. The molecule has 0 radical (unpaired) electrons. The van der Waals surface area contributed by atoms with E-state index < -0.39 is 29.6 Å². The molecule has 2 aliphatic heterocycles. The summed E-state index contributed by atoms with van der Waals surface area (Å²) in [5.74, 6) is -1.85. The van der Waals surface area contributed by atoms with Gasteiger partial charge >= 0.3 is 24.1 Å². The van der Waals surface area contributed by atoms with Gasteiger partial charge in [-0.05, 0) is 31.4 Å². The molecule has 2 N–H and O–H groups in total. The van der Waals surface area contributed by atoms with E-state index in [1.165, 1.54) is 21.9 Å². The lowest BCUT2D eigenvalue weighted by molar-refractivity contribution is -0.153. The molecule has 2 saturated heterocycles. The van der Waals surface area contributed by atoms with Crippen LogP contribution in [-0.2, 0) is 9.53 Å². The third kappa shape index (κ3) is 3.71. The number of likely N-dealkylation sites (tertiary alicyclic amines) is 1. The van der Waals surface area contributed by atoms with Crippen molar-refractivity contribution < 1.29 is 29.0 Å². The van der Waals surface area contributed by atoms with Crippen LogP contribution in [-0.4, -0.2) is 70.7 Å². The molecular formula is C18H21N3O6. The van der Waals surface area contributed by atoms with Crippen molar-refractivity contribution in [1.82, 2.24) is 15.1 Å². The maximum atomic E-state index is 12.2. The number of carbonyl (C=O) groups excluding carboxylic acids is 3. The number of hydrogen-bond donors (Lipinski definition) is 2. The SMILES string of the molecule is O=C(OC(=O)N1CCC(C(=O)O)(N2CCCNC2=O)CC1)c1ccccc1. The summed E-state index contributed by atoms with van der Waals surface area (Å²) in [5, 5.41) is 12.4. The summed E-state index contributed by atoms with van der Waals surface area (Å²) in [6.45, 7) is 1.04. The van der Waals surface area contributed by atoms with Crippen molar-refractivity contribution in [1.29, 1.82) is 0 Å². The lowest BCUT2D eigenvalue weighted by Crippen LogP contribution is -2.65. The Morgan fingerprint density at radius 3 is 2.33 bits per heavy atom. The minimum atomic E-state index is -1.36. The molecule has 2 heterocycles. The van der Waals surface area contributed by atoms with Crippen molar-refractivity contribution >= 4 is 24.1 Å². The van der Waals surface area contributed by atoms with E-state index in [4.69, 9.17) is 4.74 Å². The summed E-state index contributed by atoms with van der Waals surface area (Å²) >= 11 is 0. The van der Waals surface area contributed by atoms with Crippen molar-refractivity contribution in [3.63, 3.8) is 0 Å². The molecule has 0 spiro atoms.